The summed E-state index contributed by atoms with van der Waals surface area (Å²) in [7, 11) is 0. The molecule has 0 radical (unpaired) electrons. The first-order chi connectivity index (χ1) is 6.11. The number of carboxylic acid groups (broad SMARTS) is 1. The number of carboxylic acids is 1. The molecule has 2 rings (SSSR count). The molecule has 13 heavy (non-hydrogen) atoms. The molecule has 0 aromatic rings. The van der Waals surface area contributed by atoms with Crippen molar-refractivity contribution in [3.05, 3.63) is 11.8 Å². The number of fused-ring (bicyclic) bond motifs is 1. The first-order valence-electron chi connectivity index (χ1n) is 4.70. The van der Waals surface area contributed by atoms with Crippen LogP contribution in [0.4, 0.5) is 0 Å². The maximum absolute atomic E-state index is 9.26. The highest BCUT2D eigenvalue weighted by Crippen LogP contribution is 2.48. The molecule has 2 unspecified atom stereocenters. The van der Waals surface area contributed by atoms with E-state index in [1.165, 1.54) is 19.3 Å². The van der Waals surface area contributed by atoms with Gasteiger partial charge in [0.25, 0.3) is 5.97 Å². The molecular formula is C10H16O3. The van der Waals surface area contributed by atoms with Gasteiger partial charge in [-0.2, -0.15) is 0 Å². The Bertz CT molecular complexity index is 216. The Morgan fingerprint density at radius 2 is 2.23 bits per heavy atom. The molecule has 0 aromatic carbocycles. The Morgan fingerprint density at radius 1 is 1.62 bits per heavy atom. The van der Waals surface area contributed by atoms with Gasteiger partial charge in [-0.05, 0) is 37.7 Å². The Morgan fingerprint density at radius 3 is 2.85 bits per heavy atom. The Hall–Kier alpha value is -0.990. The quantitative estimate of drug-likeness (QED) is 0.607. The van der Waals surface area contributed by atoms with E-state index in [2.05, 4.69) is 0 Å². The van der Waals surface area contributed by atoms with Crippen molar-refractivity contribution in [3.8, 4) is 0 Å². The first-order valence-corrected chi connectivity index (χ1v) is 4.70. The van der Waals surface area contributed by atoms with Crippen molar-refractivity contribution >= 4 is 5.97 Å². The lowest BCUT2D eigenvalue weighted by Crippen LogP contribution is -1.82. The summed E-state index contributed by atoms with van der Waals surface area (Å²) in [5, 5.41) is 16.7. The third-order valence-electron chi connectivity index (χ3n) is 2.44. The van der Waals surface area contributed by atoms with Crippen LogP contribution in [-0.2, 0) is 4.79 Å². The summed E-state index contributed by atoms with van der Waals surface area (Å²) in [5.74, 6) is 1.27. The van der Waals surface area contributed by atoms with E-state index in [0.29, 0.717) is 11.7 Å². The lowest BCUT2D eigenvalue weighted by Gasteiger charge is -1.90. The number of allylic oxidation sites excluding steroid dienone is 2. The summed E-state index contributed by atoms with van der Waals surface area (Å²) in [6.45, 7) is 1.08. The van der Waals surface area contributed by atoms with Crippen molar-refractivity contribution in [2.24, 2.45) is 11.8 Å². The van der Waals surface area contributed by atoms with Crippen molar-refractivity contribution in [1.82, 2.24) is 0 Å². The van der Waals surface area contributed by atoms with E-state index in [-0.39, 0.29) is 0 Å². The van der Waals surface area contributed by atoms with E-state index < -0.39 is 5.97 Å². The zero-order valence-electron chi connectivity index (χ0n) is 7.86. The van der Waals surface area contributed by atoms with Crippen molar-refractivity contribution in [2.45, 2.75) is 32.6 Å². The summed E-state index contributed by atoms with van der Waals surface area (Å²) in [4.78, 5) is 9.00. The van der Waals surface area contributed by atoms with Gasteiger partial charge in [0.1, 0.15) is 0 Å². The number of aliphatic hydroxyl groups is 1. The molecule has 2 aliphatic rings. The molecule has 3 nitrogen and oxygen atoms in total. The fourth-order valence-electron chi connectivity index (χ4n) is 1.71. The molecule has 2 N–H and O–H groups in total. The molecule has 0 aromatic heterocycles. The van der Waals surface area contributed by atoms with Crippen molar-refractivity contribution in [2.75, 3.05) is 0 Å². The van der Waals surface area contributed by atoms with E-state index in [1.54, 1.807) is 0 Å². The third kappa shape index (κ3) is 3.49. The molecule has 2 aliphatic carbocycles. The normalized spacial score (nSPS) is 30.1. The second-order valence-electron chi connectivity index (χ2n) is 3.68. The number of rotatable bonds is 0. The zero-order valence-corrected chi connectivity index (χ0v) is 7.86. The van der Waals surface area contributed by atoms with Crippen LogP contribution in [0.15, 0.2) is 11.8 Å². The minimum Gasteiger partial charge on any atom is -0.512 e. The molecule has 2 atom stereocenters. The maximum Gasteiger partial charge on any atom is 0.300 e. The summed E-state index contributed by atoms with van der Waals surface area (Å²) in [6, 6.07) is 0. The van der Waals surface area contributed by atoms with Crippen LogP contribution in [0.3, 0.4) is 0 Å². The van der Waals surface area contributed by atoms with Crippen LogP contribution in [0.25, 0.3) is 0 Å². The monoisotopic (exact) mass is 184 g/mol. The van der Waals surface area contributed by atoms with Crippen LogP contribution in [0.5, 0.6) is 0 Å². The number of carbonyl (C=O) groups is 1. The SMILES string of the molecule is CC(=O)O.OC1=CCCCC2CC12. The standard InChI is InChI=1S/C8H12O.C2H4O2/c9-8-4-2-1-3-6-5-7(6)8;1-2(3)4/h4,6-7,9H,1-3,5H2;1H3,(H,3,4). The van der Waals surface area contributed by atoms with Crippen molar-refractivity contribution in [3.63, 3.8) is 0 Å². The topological polar surface area (TPSA) is 57.5 Å². The molecule has 0 bridgehead atoms. The minimum absolute atomic E-state index is 0.576. The molecule has 0 aliphatic heterocycles. The van der Waals surface area contributed by atoms with E-state index >= 15 is 0 Å². The van der Waals surface area contributed by atoms with E-state index in [4.69, 9.17) is 9.90 Å². The predicted octanol–water partition coefficient (Wildman–Crippen LogP) is 2.34. The first kappa shape index (κ1) is 10.1. The molecule has 1 fully saturated rings. The minimum atomic E-state index is -0.833. The number of hydrogen-bond acceptors (Lipinski definition) is 2. The van der Waals surface area contributed by atoms with E-state index in [0.717, 1.165) is 19.3 Å². The molecule has 0 spiro atoms. The molecule has 74 valence electrons. The number of hydrogen-bond donors (Lipinski definition) is 2. The van der Waals surface area contributed by atoms with Gasteiger partial charge in [0.15, 0.2) is 0 Å². The summed E-state index contributed by atoms with van der Waals surface area (Å²) >= 11 is 0. The Labute approximate surface area is 78.1 Å². The molecule has 0 heterocycles. The van der Waals surface area contributed by atoms with Gasteiger partial charge in [-0.3, -0.25) is 4.79 Å². The van der Waals surface area contributed by atoms with Gasteiger partial charge < -0.3 is 10.2 Å². The summed E-state index contributed by atoms with van der Waals surface area (Å²) in [5.41, 5.74) is 0. The highest BCUT2D eigenvalue weighted by Gasteiger charge is 2.40. The fourth-order valence-corrected chi connectivity index (χ4v) is 1.71. The molecule has 1 saturated carbocycles. The van der Waals surface area contributed by atoms with Gasteiger partial charge in [-0.1, -0.05) is 0 Å². The van der Waals surface area contributed by atoms with Crippen LogP contribution >= 0.6 is 0 Å². The van der Waals surface area contributed by atoms with Gasteiger partial charge >= 0.3 is 0 Å². The molecule has 0 amide bonds. The van der Waals surface area contributed by atoms with Gasteiger partial charge in [0, 0.05) is 12.8 Å². The average molecular weight is 184 g/mol. The average Bonchev–Trinajstić information content (AvgIpc) is 2.73. The fraction of sp³-hybridized carbons (Fsp3) is 0.700. The largest absolute Gasteiger partial charge is 0.512 e. The highest BCUT2D eigenvalue weighted by atomic mass is 16.4. The third-order valence-corrected chi connectivity index (χ3v) is 2.44. The van der Waals surface area contributed by atoms with Crippen LogP contribution in [0, 0.1) is 11.8 Å². The summed E-state index contributed by atoms with van der Waals surface area (Å²) in [6.07, 6.45) is 6.97. The number of aliphatic carboxylic acids is 1. The molecule has 0 saturated heterocycles. The van der Waals surface area contributed by atoms with Crippen LogP contribution in [-0.4, -0.2) is 16.2 Å². The van der Waals surface area contributed by atoms with Gasteiger partial charge in [0.05, 0.1) is 5.76 Å². The van der Waals surface area contributed by atoms with E-state index in [1.807, 2.05) is 6.08 Å². The Balaban J connectivity index is 0.000000184. The molecular weight excluding hydrogens is 168 g/mol. The van der Waals surface area contributed by atoms with Crippen molar-refractivity contribution < 1.29 is 15.0 Å². The second-order valence-corrected chi connectivity index (χ2v) is 3.68. The van der Waals surface area contributed by atoms with Crippen LogP contribution in [0.2, 0.25) is 0 Å². The van der Waals surface area contributed by atoms with Crippen LogP contribution in [0.1, 0.15) is 32.6 Å². The van der Waals surface area contributed by atoms with Gasteiger partial charge in [-0.25, -0.2) is 0 Å². The molecule has 3 heteroatoms. The smallest absolute Gasteiger partial charge is 0.300 e. The predicted molar refractivity (Wildman–Crippen MR) is 49.5 cm³/mol. The highest BCUT2D eigenvalue weighted by molar-refractivity contribution is 5.62. The Kier molecular flexibility index (Phi) is 3.34. The maximum atomic E-state index is 9.26. The lowest BCUT2D eigenvalue weighted by atomic mass is 10.2. The van der Waals surface area contributed by atoms with Crippen molar-refractivity contribution in [1.29, 1.82) is 0 Å². The van der Waals surface area contributed by atoms with Crippen LogP contribution < -0.4 is 0 Å². The lowest BCUT2D eigenvalue weighted by molar-refractivity contribution is -0.134. The van der Waals surface area contributed by atoms with Gasteiger partial charge in [0.2, 0.25) is 0 Å². The summed E-state index contributed by atoms with van der Waals surface area (Å²) < 4.78 is 0. The van der Waals surface area contributed by atoms with E-state index in [9.17, 15) is 5.11 Å². The number of aliphatic hydroxyl groups excluding tert-OH is 1. The van der Waals surface area contributed by atoms with Gasteiger partial charge in [-0.15, -0.1) is 0 Å². The zero-order chi connectivity index (χ0) is 9.84. The second kappa shape index (κ2) is 4.30.